The fourth-order valence-electron chi connectivity index (χ4n) is 1.66. The molecule has 0 saturated carbocycles. The van der Waals surface area contributed by atoms with Gasteiger partial charge in [-0.25, -0.2) is 8.78 Å². The van der Waals surface area contributed by atoms with E-state index in [0.717, 1.165) is 18.2 Å². The number of hydrogen-bond donors (Lipinski definition) is 0. The van der Waals surface area contributed by atoms with Crippen molar-refractivity contribution in [1.82, 2.24) is 0 Å². The van der Waals surface area contributed by atoms with Gasteiger partial charge in [-0.15, -0.1) is 0 Å². The summed E-state index contributed by atoms with van der Waals surface area (Å²) in [6, 6.07) is 7.53. The Morgan fingerprint density at radius 1 is 1.06 bits per heavy atom. The quantitative estimate of drug-likeness (QED) is 0.746. The second-order valence-corrected chi connectivity index (χ2v) is 4.35. The molecule has 0 heterocycles. The van der Waals surface area contributed by atoms with Crippen molar-refractivity contribution in [2.75, 3.05) is 0 Å². The topological polar surface area (TPSA) is 17.1 Å². The molecule has 0 bridgehead atoms. The minimum absolute atomic E-state index is 0.270. The van der Waals surface area contributed by atoms with Crippen molar-refractivity contribution in [1.29, 1.82) is 0 Å². The molecule has 0 fully saturated rings. The van der Waals surface area contributed by atoms with Gasteiger partial charge < -0.3 is 0 Å². The number of ketones is 1. The highest BCUT2D eigenvalue weighted by atomic mass is 35.5. The maximum Gasteiger partial charge on any atom is 0.196 e. The zero-order valence-electron chi connectivity index (χ0n) is 9.51. The van der Waals surface area contributed by atoms with Crippen LogP contribution in [0.3, 0.4) is 0 Å². The number of aryl methyl sites for hydroxylation is 1. The van der Waals surface area contributed by atoms with Crippen molar-refractivity contribution in [3.8, 4) is 0 Å². The van der Waals surface area contributed by atoms with Crippen molar-refractivity contribution in [3.63, 3.8) is 0 Å². The van der Waals surface area contributed by atoms with Crippen LogP contribution in [0.1, 0.15) is 21.5 Å². The molecule has 0 atom stereocenters. The van der Waals surface area contributed by atoms with E-state index in [0.29, 0.717) is 10.6 Å². The van der Waals surface area contributed by atoms with E-state index in [4.69, 9.17) is 11.6 Å². The van der Waals surface area contributed by atoms with Crippen LogP contribution in [0.4, 0.5) is 8.78 Å². The Balaban J connectivity index is 2.54. The summed E-state index contributed by atoms with van der Waals surface area (Å²) in [5.41, 5.74) is 0.639. The SMILES string of the molecule is Cc1ccc(Cl)cc1C(=O)c1cc(F)ccc1F. The van der Waals surface area contributed by atoms with E-state index < -0.39 is 17.4 Å². The number of carbonyl (C=O) groups excluding carboxylic acids is 1. The van der Waals surface area contributed by atoms with Crippen molar-refractivity contribution >= 4 is 17.4 Å². The summed E-state index contributed by atoms with van der Waals surface area (Å²) in [6.45, 7) is 1.71. The average molecular weight is 267 g/mol. The number of rotatable bonds is 2. The maximum absolute atomic E-state index is 13.5. The summed E-state index contributed by atoms with van der Waals surface area (Å²) in [5.74, 6) is -1.98. The summed E-state index contributed by atoms with van der Waals surface area (Å²) in [7, 11) is 0. The van der Waals surface area contributed by atoms with Crippen molar-refractivity contribution in [2.24, 2.45) is 0 Å². The highest BCUT2D eigenvalue weighted by molar-refractivity contribution is 6.31. The summed E-state index contributed by atoms with van der Waals surface area (Å²) in [4.78, 5) is 12.1. The predicted molar refractivity (Wildman–Crippen MR) is 66.0 cm³/mol. The van der Waals surface area contributed by atoms with Crippen LogP contribution in [0.25, 0.3) is 0 Å². The second-order valence-electron chi connectivity index (χ2n) is 3.91. The zero-order valence-corrected chi connectivity index (χ0v) is 10.3. The minimum Gasteiger partial charge on any atom is -0.288 e. The predicted octanol–water partition coefficient (Wildman–Crippen LogP) is 4.16. The van der Waals surface area contributed by atoms with Crippen LogP contribution in [-0.2, 0) is 0 Å². The van der Waals surface area contributed by atoms with Crippen LogP contribution in [0, 0.1) is 18.6 Å². The molecule has 0 radical (unpaired) electrons. The van der Waals surface area contributed by atoms with Crippen LogP contribution >= 0.6 is 11.6 Å². The first-order valence-electron chi connectivity index (χ1n) is 5.25. The molecular formula is C14H9ClF2O. The van der Waals surface area contributed by atoms with Crippen LogP contribution in [0.2, 0.25) is 5.02 Å². The highest BCUT2D eigenvalue weighted by Crippen LogP contribution is 2.21. The monoisotopic (exact) mass is 266 g/mol. The third kappa shape index (κ3) is 2.41. The highest BCUT2D eigenvalue weighted by Gasteiger charge is 2.17. The largest absolute Gasteiger partial charge is 0.288 e. The standard InChI is InChI=1S/C14H9ClF2O/c1-8-2-3-9(15)6-11(8)14(18)12-7-10(16)4-5-13(12)17/h2-7H,1H3. The molecule has 0 aliphatic carbocycles. The summed E-state index contributed by atoms with van der Waals surface area (Å²) < 4.78 is 26.6. The molecule has 0 N–H and O–H groups in total. The van der Waals surface area contributed by atoms with Gasteiger partial charge in [0.05, 0.1) is 5.56 Å². The fraction of sp³-hybridized carbons (Fsp3) is 0.0714. The lowest BCUT2D eigenvalue weighted by atomic mass is 9.99. The van der Waals surface area contributed by atoms with E-state index in [2.05, 4.69) is 0 Å². The first kappa shape index (κ1) is 12.7. The van der Waals surface area contributed by atoms with Crippen LogP contribution in [0.5, 0.6) is 0 Å². The smallest absolute Gasteiger partial charge is 0.196 e. The Bertz CT molecular complexity index is 570. The molecule has 0 saturated heterocycles. The van der Waals surface area contributed by atoms with Gasteiger partial charge in [-0.05, 0) is 42.8 Å². The Hall–Kier alpha value is -1.74. The molecule has 92 valence electrons. The lowest BCUT2D eigenvalue weighted by Gasteiger charge is -2.06. The summed E-state index contributed by atoms with van der Waals surface area (Å²) in [6.07, 6.45) is 0. The van der Waals surface area contributed by atoms with Gasteiger partial charge in [-0.3, -0.25) is 4.79 Å². The van der Waals surface area contributed by atoms with Gasteiger partial charge in [0.1, 0.15) is 11.6 Å². The molecule has 4 heteroatoms. The Labute approximate surface area is 108 Å². The van der Waals surface area contributed by atoms with Gasteiger partial charge in [0.25, 0.3) is 0 Å². The average Bonchev–Trinajstić information content (AvgIpc) is 2.34. The lowest BCUT2D eigenvalue weighted by molar-refractivity contribution is 0.103. The molecule has 0 amide bonds. The molecular weight excluding hydrogens is 258 g/mol. The number of benzene rings is 2. The van der Waals surface area contributed by atoms with E-state index in [1.165, 1.54) is 6.07 Å². The Morgan fingerprint density at radius 2 is 1.78 bits per heavy atom. The van der Waals surface area contributed by atoms with E-state index in [9.17, 15) is 13.6 Å². The van der Waals surface area contributed by atoms with Crippen molar-refractivity contribution in [3.05, 3.63) is 69.7 Å². The van der Waals surface area contributed by atoms with E-state index in [1.807, 2.05) is 0 Å². The van der Waals surface area contributed by atoms with Crippen molar-refractivity contribution < 1.29 is 13.6 Å². The van der Waals surface area contributed by atoms with E-state index >= 15 is 0 Å². The van der Waals surface area contributed by atoms with Gasteiger partial charge in [-0.2, -0.15) is 0 Å². The van der Waals surface area contributed by atoms with Gasteiger partial charge in [0, 0.05) is 10.6 Å². The molecule has 0 unspecified atom stereocenters. The van der Waals surface area contributed by atoms with Gasteiger partial charge in [-0.1, -0.05) is 17.7 Å². The van der Waals surface area contributed by atoms with Gasteiger partial charge >= 0.3 is 0 Å². The lowest BCUT2D eigenvalue weighted by Crippen LogP contribution is -2.06. The zero-order chi connectivity index (χ0) is 13.3. The second kappa shape index (κ2) is 4.86. The molecule has 1 nitrogen and oxygen atoms in total. The summed E-state index contributed by atoms with van der Waals surface area (Å²) in [5, 5.41) is 0.376. The molecule has 18 heavy (non-hydrogen) atoms. The fourth-order valence-corrected chi connectivity index (χ4v) is 1.83. The summed E-state index contributed by atoms with van der Waals surface area (Å²) >= 11 is 5.80. The first-order valence-corrected chi connectivity index (χ1v) is 5.63. The van der Waals surface area contributed by atoms with Crippen LogP contribution in [-0.4, -0.2) is 5.78 Å². The molecule has 0 aromatic heterocycles. The molecule has 2 rings (SSSR count). The van der Waals surface area contributed by atoms with Crippen LogP contribution < -0.4 is 0 Å². The van der Waals surface area contributed by atoms with Crippen molar-refractivity contribution in [2.45, 2.75) is 6.92 Å². The minimum atomic E-state index is -0.749. The number of carbonyl (C=O) groups is 1. The Kier molecular flexibility index (Phi) is 3.43. The van der Waals surface area contributed by atoms with Crippen LogP contribution in [0.15, 0.2) is 36.4 Å². The number of halogens is 3. The van der Waals surface area contributed by atoms with Gasteiger partial charge in [0.2, 0.25) is 0 Å². The number of hydrogen-bond acceptors (Lipinski definition) is 1. The molecule has 0 aliphatic heterocycles. The Morgan fingerprint density at radius 3 is 2.50 bits per heavy atom. The third-order valence-corrected chi connectivity index (χ3v) is 2.85. The normalized spacial score (nSPS) is 10.4. The first-order chi connectivity index (χ1) is 8.49. The molecule has 0 spiro atoms. The van der Waals surface area contributed by atoms with Gasteiger partial charge in [0.15, 0.2) is 5.78 Å². The third-order valence-electron chi connectivity index (χ3n) is 2.62. The maximum atomic E-state index is 13.5. The van der Waals surface area contributed by atoms with E-state index in [1.54, 1.807) is 19.1 Å². The molecule has 2 aromatic carbocycles. The molecule has 2 aromatic rings. The molecule has 0 aliphatic rings. The van der Waals surface area contributed by atoms with E-state index in [-0.39, 0.29) is 11.1 Å².